The average Bonchev–Trinajstić information content (AvgIpc) is 2.26. The van der Waals surface area contributed by atoms with Gasteiger partial charge in [0.15, 0.2) is 0 Å². The van der Waals surface area contributed by atoms with Crippen LogP contribution in [0.4, 0.5) is 4.39 Å². The van der Waals surface area contributed by atoms with Gasteiger partial charge in [-0.25, -0.2) is 4.39 Å². The molecular formula is C16H31F. The summed E-state index contributed by atoms with van der Waals surface area (Å²) in [7, 11) is 0. The van der Waals surface area contributed by atoms with Crippen LogP contribution in [0, 0.1) is 11.3 Å². The maximum Gasteiger partial charge on any atom is 0.101 e. The van der Waals surface area contributed by atoms with E-state index in [2.05, 4.69) is 20.8 Å². The lowest BCUT2D eigenvalue weighted by molar-refractivity contribution is 0.0113. The van der Waals surface area contributed by atoms with Gasteiger partial charge in [-0.15, -0.1) is 0 Å². The van der Waals surface area contributed by atoms with Gasteiger partial charge in [-0.3, -0.25) is 0 Å². The second-order valence-electron chi connectivity index (χ2n) is 6.33. The van der Waals surface area contributed by atoms with E-state index < -0.39 is 6.17 Å². The molecule has 0 saturated heterocycles. The Balaban J connectivity index is 2.38. The minimum Gasteiger partial charge on any atom is -0.247 e. The first-order valence-electron chi connectivity index (χ1n) is 7.76. The van der Waals surface area contributed by atoms with Crippen LogP contribution in [0.5, 0.6) is 0 Å². The molecular weight excluding hydrogens is 211 g/mol. The number of rotatable bonds is 9. The molecule has 0 N–H and O–H groups in total. The van der Waals surface area contributed by atoms with Crippen molar-refractivity contribution in [2.45, 2.75) is 91.2 Å². The maximum atomic E-state index is 13.1. The molecule has 1 heteroatoms. The molecule has 0 heterocycles. The van der Waals surface area contributed by atoms with E-state index in [0.29, 0.717) is 11.3 Å². The van der Waals surface area contributed by atoms with Gasteiger partial charge in [0.05, 0.1) is 0 Å². The Morgan fingerprint density at radius 2 is 1.41 bits per heavy atom. The molecule has 0 radical (unpaired) electrons. The largest absolute Gasteiger partial charge is 0.247 e. The molecule has 1 rings (SSSR count). The molecule has 0 aromatic heterocycles. The second-order valence-corrected chi connectivity index (χ2v) is 6.33. The Kier molecular flexibility index (Phi) is 6.51. The third-order valence-electron chi connectivity index (χ3n) is 4.77. The van der Waals surface area contributed by atoms with Crippen LogP contribution in [0.3, 0.4) is 0 Å². The van der Waals surface area contributed by atoms with Crippen molar-refractivity contribution in [1.82, 2.24) is 0 Å². The third kappa shape index (κ3) is 4.60. The van der Waals surface area contributed by atoms with E-state index in [9.17, 15) is 4.39 Å². The van der Waals surface area contributed by atoms with E-state index in [-0.39, 0.29) is 0 Å². The summed E-state index contributed by atoms with van der Waals surface area (Å²) in [6.07, 6.45) is 11.8. The van der Waals surface area contributed by atoms with Gasteiger partial charge >= 0.3 is 0 Å². The highest BCUT2D eigenvalue weighted by molar-refractivity contribution is 4.92. The van der Waals surface area contributed by atoms with Crippen molar-refractivity contribution < 1.29 is 4.39 Å². The number of unbranched alkanes of at least 4 members (excludes halogenated alkanes) is 4. The standard InChI is InChI=1S/C16H31F/c1-4-6-8-10-16(3,11-9-7-5-2)14-12-15(17)13-14/h14-15H,4-13H2,1-3H3. The Labute approximate surface area is 107 Å². The van der Waals surface area contributed by atoms with E-state index in [1.54, 1.807) is 0 Å². The van der Waals surface area contributed by atoms with Gasteiger partial charge < -0.3 is 0 Å². The molecule has 1 fully saturated rings. The fourth-order valence-corrected chi connectivity index (χ4v) is 3.21. The smallest absolute Gasteiger partial charge is 0.101 e. The average molecular weight is 242 g/mol. The lowest BCUT2D eigenvalue weighted by atomic mass is 9.61. The van der Waals surface area contributed by atoms with Crippen LogP contribution in [0.15, 0.2) is 0 Å². The van der Waals surface area contributed by atoms with Crippen LogP contribution in [0.1, 0.15) is 85.0 Å². The lowest BCUT2D eigenvalue weighted by Crippen LogP contribution is -2.38. The number of hydrogen-bond acceptors (Lipinski definition) is 0. The molecule has 0 amide bonds. The van der Waals surface area contributed by atoms with E-state index in [1.165, 1.54) is 51.4 Å². The van der Waals surface area contributed by atoms with Gasteiger partial charge in [-0.1, -0.05) is 59.3 Å². The summed E-state index contributed by atoms with van der Waals surface area (Å²) in [5, 5.41) is 0. The zero-order valence-electron chi connectivity index (χ0n) is 12.1. The maximum absolute atomic E-state index is 13.1. The Morgan fingerprint density at radius 1 is 0.941 bits per heavy atom. The molecule has 1 aliphatic rings. The molecule has 0 spiro atoms. The van der Waals surface area contributed by atoms with Crippen molar-refractivity contribution in [3.63, 3.8) is 0 Å². The molecule has 0 aromatic carbocycles. The first-order chi connectivity index (χ1) is 8.12. The fourth-order valence-electron chi connectivity index (χ4n) is 3.21. The zero-order chi connectivity index (χ0) is 12.7. The van der Waals surface area contributed by atoms with Gasteiger partial charge in [0.25, 0.3) is 0 Å². The van der Waals surface area contributed by atoms with Crippen LogP contribution < -0.4 is 0 Å². The summed E-state index contributed by atoms with van der Waals surface area (Å²) in [5.41, 5.74) is 0.437. The second kappa shape index (κ2) is 7.38. The highest BCUT2D eigenvalue weighted by atomic mass is 19.1. The van der Waals surface area contributed by atoms with Gasteiger partial charge in [-0.05, 0) is 37.0 Å². The van der Waals surface area contributed by atoms with Crippen molar-refractivity contribution in [2.24, 2.45) is 11.3 Å². The molecule has 17 heavy (non-hydrogen) atoms. The predicted octanol–water partition coefficient (Wildman–Crippen LogP) is 5.90. The molecule has 0 aliphatic heterocycles. The summed E-state index contributed by atoms with van der Waals surface area (Å²) in [4.78, 5) is 0. The predicted molar refractivity (Wildman–Crippen MR) is 74.0 cm³/mol. The highest BCUT2D eigenvalue weighted by Crippen LogP contribution is 2.49. The van der Waals surface area contributed by atoms with Gasteiger partial charge in [0.1, 0.15) is 6.17 Å². The zero-order valence-corrected chi connectivity index (χ0v) is 12.1. The number of alkyl halides is 1. The first-order valence-corrected chi connectivity index (χ1v) is 7.76. The quantitative estimate of drug-likeness (QED) is 0.441. The minimum absolute atomic E-state index is 0.437. The molecule has 1 saturated carbocycles. The summed E-state index contributed by atoms with van der Waals surface area (Å²) >= 11 is 0. The number of hydrogen-bond donors (Lipinski definition) is 0. The normalized spacial score (nSPS) is 24.7. The molecule has 0 bridgehead atoms. The molecule has 0 unspecified atom stereocenters. The van der Waals surface area contributed by atoms with Crippen LogP contribution in [-0.4, -0.2) is 6.17 Å². The molecule has 102 valence electrons. The van der Waals surface area contributed by atoms with Gasteiger partial charge in [0, 0.05) is 0 Å². The van der Waals surface area contributed by atoms with Crippen molar-refractivity contribution in [1.29, 1.82) is 0 Å². The van der Waals surface area contributed by atoms with Crippen molar-refractivity contribution in [3.05, 3.63) is 0 Å². The summed E-state index contributed by atoms with van der Waals surface area (Å²) in [5.74, 6) is 0.672. The van der Waals surface area contributed by atoms with Gasteiger partial charge in [0.2, 0.25) is 0 Å². The number of halogens is 1. The molecule has 0 aromatic rings. The fraction of sp³-hybridized carbons (Fsp3) is 1.00. The van der Waals surface area contributed by atoms with E-state index in [4.69, 9.17) is 0 Å². The van der Waals surface area contributed by atoms with Crippen LogP contribution in [0.25, 0.3) is 0 Å². The summed E-state index contributed by atoms with van der Waals surface area (Å²) < 4.78 is 13.1. The third-order valence-corrected chi connectivity index (χ3v) is 4.77. The van der Waals surface area contributed by atoms with Crippen LogP contribution in [0.2, 0.25) is 0 Å². The topological polar surface area (TPSA) is 0 Å². The van der Waals surface area contributed by atoms with E-state index >= 15 is 0 Å². The monoisotopic (exact) mass is 242 g/mol. The van der Waals surface area contributed by atoms with Crippen LogP contribution in [-0.2, 0) is 0 Å². The summed E-state index contributed by atoms with van der Waals surface area (Å²) in [6.45, 7) is 6.94. The van der Waals surface area contributed by atoms with Gasteiger partial charge in [-0.2, -0.15) is 0 Å². The molecule has 1 aliphatic carbocycles. The first kappa shape index (κ1) is 15.0. The van der Waals surface area contributed by atoms with Crippen molar-refractivity contribution in [2.75, 3.05) is 0 Å². The Morgan fingerprint density at radius 3 is 1.76 bits per heavy atom. The van der Waals surface area contributed by atoms with E-state index in [1.807, 2.05) is 0 Å². The Hall–Kier alpha value is -0.0700. The Bertz CT molecular complexity index is 184. The lowest BCUT2D eigenvalue weighted by Gasteiger charge is -2.45. The molecule has 0 nitrogen and oxygen atoms in total. The van der Waals surface area contributed by atoms with Crippen molar-refractivity contribution >= 4 is 0 Å². The van der Waals surface area contributed by atoms with Crippen molar-refractivity contribution in [3.8, 4) is 0 Å². The molecule has 0 atom stereocenters. The summed E-state index contributed by atoms with van der Waals surface area (Å²) in [6, 6.07) is 0. The SMILES string of the molecule is CCCCCC(C)(CCCCC)C1CC(F)C1. The highest BCUT2D eigenvalue weighted by Gasteiger charge is 2.41. The van der Waals surface area contributed by atoms with E-state index in [0.717, 1.165) is 12.8 Å². The minimum atomic E-state index is -0.489. The van der Waals surface area contributed by atoms with Crippen LogP contribution >= 0.6 is 0 Å².